The number of likely N-dealkylation sites (tertiary alicyclic amines) is 2. The number of carbonyl (C=O) groups is 4. The van der Waals surface area contributed by atoms with Crippen molar-refractivity contribution in [3.05, 3.63) is 0 Å². The van der Waals surface area contributed by atoms with Crippen LogP contribution in [-0.2, 0) is 19.2 Å². The lowest BCUT2D eigenvalue weighted by Crippen LogP contribution is -2.40. The lowest BCUT2D eigenvalue weighted by atomic mass is 9.70. The van der Waals surface area contributed by atoms with Crippen molar-refractivity contribution in [3.63, 3.8) is 0 Å². The Bertz CT molecular complexity index is 512. The molecule has 0 radical (unpaired) electrons. The fourth-order valence-electron chi connectivity index (χ4n) is 4.38. The van der Waals surface area contributed by atoms with Crippen LogP contribution in [0.15, 0.2) is 0 Å². The standard InChI is InChI=1S/C16H22N2O4/c1-4-8(5-2)18-15(21)11-6-9-10(7-12(11)16(18)22)14(20)17(3)13(9)19/h8-12H,4-7H2,1-3H3. The SMILES string of the molecule is CCC(CC)N1C(=O)C2CC3C(=O)N(C)C(=O)C3CC2C1=O. The summed E-state index contributed by atoms with van der Waals surface area (Å²) in [4.78, 5) is 52.2. The maximum Gasteiger partial charge on any atom is 0.233 e. The van der Waals surface area contributed by atoms with E-state index in [1.807, 2.05) is 13.8 Å². The van der Waals surface area contributed by atoms with Crippen molar-refractivity contribution in [2.24, 2.45) is 23.7 Å². The van der Waals surface area contributed by atoms with Crippen LogP contribution in [0.3, 0.4) is 0 Å². The molecule has 4 atom stereocenters. The summed E-state index contributed by atoms with van der Waals surface area (Å²) in [7, 11) is 1.49. The largest absolute Gasteiger partial charge is 0.285 e. The second kappa shape index (κ2) is 5.18. The van der Waals surface area contributed by atoms with Crippen LogP contribution < -0.4 is 0 Å². The molecule has 1 aliphatic carbocycles. The number of amides is 4. The van der Waals surface area contributed by atoms with Crippen LogP contribution in [0.25, 0.3) is 0 Å². The molecule has 2 heterocycles. The first-order chi connectivity index (χ1) is 10.4. The van der Waals surface area contributed by atoms with E-state index in [9.17, 15) is 19.2 Å². The number of nitrogens with zero attached hydrogens (tertiary/aromatic N) is 2. The molecular weight excluding hydrogens is 284 g/mol. The molecule has 0 aromatic carbocycles. The normalized spacial score (nSPS) is 34.7. The lowest BCUT2D eigenvalue weighted by Gasteiger charge is -2.28. The minimum absolute atomic E-state index is 0.0699. The zero-order chi connectivity index (χ0) is 16.2. The molecule has 0 bridgehead atoms. The Kier molecular flexibility index (Phi) is 3.57. The number of carbonyl (C=O) groups excluding carboxylic acids is 4. The van der Waals surface area contributed by atoms with E-state index < -0.39 is 23.7 Å². The Labute approximate surface area is 129 Å². The average molecular weight is 306 g/mol. The maximum atomic E-state index is 12.7. The number of hydrogen-bond acceptors (Lipinski definition) is 4. The summed E-state index contributed by atoms with van der Waals surface area (Å²) < 4.78 is 0. The van der Waals surface area contributed by atoms with Crippen molar-refractivity contribution in [2.45, 2.75) is 45.6 Å². The van der Waals surface area contributed by atoms with Gasteiger partial charge in [-0.1, -0.05) is 13.8 Å². The second-order valence-corrected chi connectivity index (χ2v) is 6.65. The maximum absolute atomic E-state index is 12.7. The van der Waals surface area contributed by atoms with Crippen molar-refractivity contribution in [1.82, 2.24) is 9.80 Å². The molecule has 0 N–H and O–H groups in total. The van der Waals surface area contributed by atoms with Gasteiger partial charge in [0.1, 0.15) is 0 Å². The molecule has 4 unspecified atom stereocenters. The van der Waals surface area contributed by atoms with Gasteiger partial charge in [0.05, 0.1) is 23.7 Å². The van der Waals surface area contributed by atoms with Crippen molar-refractivity contribution < 1.29 is 19.2 Å². The third-order valence-electron chi connectivity index (χ3n) is 5.70. The van der Waals surface area contributed by atoms with Crippen LogP contribution in [0.5, 0.6) is 0 Å². The highest BCUT2D eigenvalue weighted by Gasteiger charge is 2.59. The molecule has 2 saturated heterocycles. The van der Waals surface area contributed by atoms with E-state index in [0.717, 1.165) is 17.7 Å². The van der Waals surface area contributed by atoms with Crippen LogP contribution >= 0.6 is 0 Å². The molecule has 6 nitrogen and oxygen atoms in total. The molecule has 120 valence electrons. The molecule has 6 heteroatoms. The number of rotatable bonds is 3. The first kappa shape index (κ1) is 15.2. The Morgan fingerprint density at radius 3 is 1.55 bits per heavy atom. The molecule has 22 heavy (non-hydrogen) atoms. The number of hydrogen-bond donors (Lipinski definition) is 0. The fourth-order valence-corrected chi connectivity index (χ4v) is 4.38. The Morgan fingerprint density at radius 2 is 1.18 bits per heavy atom. The first-order valence-corrected chi connectivity index (χ1v) is 8.10. The highest BCUT2D eigenvalue weighted by Crippen LogP contribution is 2.47. The predicted molar refractivity (Wildman–Crippen MR) is 77.2 cm³/mol. The predicted octanol–water partition coefficient (Wildman–Crippen LogP) is 0.801. The van der Waals surface area contributed by atoms with Gasteiger partial charge in [0.15, 0.2) is 0 Å². The summed E-state index contributed by atoms with van der Waals surface area (Å²) in [6.07, 6.45) is 2.15. The molecule has 0 spiro atoms. The second-order valence-electron chi connectivity index (χ2n) is 6.65. The van der Waals surface area contributed by atoms with Crippen LogP contribution in [-0.4, -0.2) is 46.5 Å². The van der Waals surface area contributed by atoms with Crippen molar-refractivity contribution in [3.8, 4) is 0 Å². The van der Waals surface area contributed by atoms with E-state index in [-0.39, 0.29) is 29.7 Å². The van der Waals surface area contributed by atoms with Gasteiger partial charge in [-0.3, -0.25) is 29.0 Å². The zero-order valence-corrected chi connectivity index (χ0v) is 13.2. The van der Waals surface area contributed by atoms with Crippen molar-refractivity contribution in [2.75, 3.05) is 7.05 Å². The van der Waals surface area contributed by atoms with E-state index in [1.54, 1.807) is 0 Å². The minimum Gasteiger partial charge on any atom is -0.285 e. The summed E-state index contributed by atoms with van der Waals surface area (Å²) in [6, 6.07) is -0.0699. The highest BCUT2D eigenvalue weighted by atomic mass is 16.2. The van der Waals surface area contributed by atoms with Gasteiger partial charge in [0.2, 0.25) is 23.6 Å². The van der Waals surface area contributed by atoms with Crippen molar-refractivity contribution >= 4 is 23.6 Å². The summed E-state index contributed by atoms with van der Waals surface area (Å²) in [5, 5.41) is 0. The number of imide groups is 2. The molecule has 3 rings (SSSR count). The van der Waals surface area contributed by atoms with Gasteiger partial charge in [0, 0.05) is 13.1 Å². The van der Waals surface area contributed by atoms with Gasteiger partial charge in [0.25, 0.3) is 0 Å². The topological polar surface area (TPSA) is 74.8 Å². The van der Waals surface area contributed by atoms with Gasteiger partial charge in [-0.25, -0.2) is 0 Å². The third-order valence-corrected chi connectivity index (χ3v) is 5.70. The average Bonchev–Trinajstić information content (AvgIpc) is 2.88. The Hall–Kier alpha value is -1.72. The van der Waals surface area contributed by atoms with E-state index >= 15 is 0 Å². The quantitative estimate of drug-likeness (QED) is 0.723. The first-order valence-electron chi connectivity index (χ1n) is 8.10. The lowest BCUT2D eigenvalue weighted by molar-refractivity contribution is -0.142. The van der Waals surface area contributed by atoms with Crippen LogP contribution in [0.4, 0.5) is 0 Å². The van der Waals surface area contributed by atoms with Crippen LogP contribution in [0, 0.1) is 23.7 Å². The molecule has 4 amide bonds. The Morgan fingerprint density at radius 1 is 0.818 bits per heavy atom. The van der Waals surface area contributed by atoms with Gasteiger partial charge in [-0.05, 0) is 25.7 Å². The molecule has 2 aliphatic heterocycles. The monoisotopic (exact) mass is 306 g/mol. The summed E-state index contributed by atoms with van der Waals surface area (Å²) >= 11 is 0. The molecule has 0 aromatic heterocycles. The Balaban J connectivity index is 1.89. The van der Waals surface area contributed by atoms with E-state index in [1.165, 1.54) is 11.9 Å². The van der Waals surface area contributed by atoms with Gasteiger partial charge >= 0.3 is 0 Å². The highest BCUT2D eigenvalue weighted by molar-refractivity contribution is 6.09. The van der Waals surface area contributed by atoms with E-state index in [4.69, 9.17) is 0 Å². The van der Waals surface area contributed by atoms with Crippen molar-refractivity contribution in [1.29, 1.82) is 0 Å². The molecular formula is C16H22N2O4. The van der Waals surface area contributed by atoms with Gasteiger partial charge in [-0.15, -0.1) is 0 Å². The molecule has 0 aromatic rings. The molecule has 1 saturated carbocycles. The number of fused-ring (bicyclic) bond motifs is 2. The summed E-state index contributed by atoms with van der Waals surface area (Å²) in [5.74, 6) is -2.36. The smallest absolute Gasteiger partial charge is 0.233 e. The molecule has 3 aliphatic rings. The van der Waals surface area contributed by atoms with Crippen LogP contribution in [0.1, 0.15) is 39.5 Å². The third kappa shape index (κ3) is 1.85. The van der Waals surface area contributed by atoms with Crippen LogP contribution in [0.2, 0.25) is 0 Å². The van der Waals surface area contributed by atoms with E-state index in [0.29, 0.717) is 12.8 Å². The minimum atomic E-state index is -0.419. The fraction of sp³-hybridized carbons (Fsp3) is 0.750. The van der Waals surface area contributed by atoms with Gasteiger partial charge < -0.3 is 0 Å². The zero-order valence-electron chi connectivity index (χ0n) is 13.2. The van der Waals surface area contributed by atoms with Gasteiger partial charge in [-0.2, -0.15) is 0 Å². The molecule has 3 fully saturated rings. The summed E-state index contributed by atoms with van der Waals surface area (Å²) in [6.45, 7) is 3.93. The van der Waals surface area contributed by atoms with E-state index in [2.05, 4.69) is 0 Å². The summed E-state index contributed by atoms with van der Waals surface area (Å²) in [5.41, 5.74) is 0.